The Morgan fingerprint density at radius 1 is 0.900 bits per heavy atom. The summed E-state index contributed by atoms with van der Waals surface area (Å²) < 4.78 is 0. The fourth-order valence-electron chi connectivity index (χ4n) is 5.70. The highest BCUT2D eigenvalue weighted by molar-refractivity contribution is 6.42. The molecule has 2 aliphatic heterocycles. The van der Waals surface area contributed by atoms with Gasteiger partial charge in [-0.05, 0) is 67.1 Å². The van der Waals surface area contributed by atoms with E-state index in [1.54, 1.807) is 47.2 Å². The molecule has 2 aromatic carbocycles. The van der Waals surface area contributed by atoms with Crippen LogP contribution in [0.2, 0.25) is 15.1 Å². The number of carbonyl (C=O) groups excluding carboxylic acids is 3. The lowest BCUT2D eigenvalue weighted by Gasteiger charge is -2.44. The molecule has 0 radical (unpaired) electrons. The third kappa shape index (κ3) is 6.76. The van der Waals surface area contributed by atoms with Gasteiger partial charge in [0.05, 0.1) is 10.0 Å². The van der Waals surface area contributed by atoms with Crippen molar-refractivity contribution in [3.05, 3.63) is 68.7 Å². The minimum absolute atomic E-state index is 0.0618. The van der Waals surface area contributed by atoms with Crippen molar-refractivity contribution in [1.82, 2.24) is 14.7 Å². The quantitative estimate of drug-likeness (QED) is 0.479. The molecule has 2 fully saturated rings. The molecule has 2 aliphatic rings. The second kappa shape index (κ2) is 13.1. The first kappa shape index (κ1) is 30.6. The molecule has 0 aromatic heterocycles. The lowest BCUT2D eigenvalue weighted by Crippen LogP contribution is -2.54. The molecule has 3 amide bonds. The number of likely N-dealkylation sites (N-methyl/N-ethyl adjacent to an activating group) is 1. The normalized spacial score (nSPS) is 20.9. The highest BCUT2D eigenvalue weighted by Gasteiger charge is 2.39. The molecule has 2 heterocycles. The molecule has 0 bridgehead atoms. The molecule has 0 spiro atoms. The number of likely N-dealkylation sites (tertiary alicyclic amines) is 2. The molecule has 0 aliphatic carbocycles. The van der Waals surface area contributed by atoms with Gasteiger partial charge < -0.3 is 19.8 Å². The van der Waals surface area contributed by atoms with Crippen molar-refractivity contribution in [3.8, 4) is 0 Å². The van der Waals surface area contributed by atoms with Gasteiger partial charge >= 0.3 is 0 Å². The van der Waals surface area contributed by atoms with Crippen LogP contribution in [-0.4, -0.2) is 82.9 Å². The Kier molecular flexibility index (Phi) is 10.0. The third-order valence-electron chi connectivity index (χ3n) is 8.21. The van der Waals surface area contributed by atoms with Crippen LogP contribution < -0.4 is 0 Å². The van der Waals surface area contributed by atoms with Crippen LogP contribution in [0.1, 0.15) is 54.9 Å². The fourth-order valence-corrected chi connectivity index (χ4v) is 6.13. The third-order valence-corrected chi connectivity index (χ3v) is 9.20. The Balaban J connectivity index is 1.49. The molecule has 2 saturated heterocycles. The summed E-state index contributed by atoms with van der Waals surface area (Å²) in [6, 6.07) is 12.1. The predicted octanol–water partition coefficient (Wildman–Crippen LogP) is 5.36. The highest BCUT2D eigenvalue weighted by atomic mass is 35.5. The van der Waals surface area contributed by atoms with Gasteiger partial charge in [0.15, 0.2) is 0 Å². The summed E-state index contributed by atoms with van der Waals surface area (Å²) in [7, 11) is 1.79. The average Bonchev–Trinajstić information content (AvgIpc) is 2.96. The number of nitrogens with zero attached hydrogens (tertiary/aromatic N) is 3. The van der Waals surface area contributed by atoms with Crippen LogP contribution in [0.4, 0.5) is 0 Å². The van der Waals surface area contributed by atoms with E-state index < -0.39 is 6.10 Å². The monoisotopic (exact) mass is 607 g/mol. The molecule has 1 unspecified atom stereocenters. The molecule has 40 heavy (non-hydrogen) atoms. The smallest absolute Gasteiger partial charge is 0.253 e. The molecule has 1 N–H and O–H groups in total. The van der Waals surface area contributed by atoms with Gasteiger partial charge in [0, 0.05) is 61.7 Å². The van der Waals surface area contributed by atoms with Gasteiger partial charge in [0.2, 0.25) is 5.91 Å². The molecule has 0 saturated carbocycles. The lowest BCUT2D eigenvalue weighted by atomic mass is 9.83. The fraction of sp³-hybridized carbons (Fsp3) is 0.500. The molecule has 2 aromatic rings. The summed E-state index contributed by atoms with van der Waals surface area (Å²) >= 11 is 18.6. The van der Waals surface area contributed by atoms with Crippen molar-refractivity contribution in [3.63, 3.8) is 0 Å². The summed E-state index contributed by atoms with van der Waals surface area (Å²) in [5.74, 6) is -0.846. The number of benzene rings is 2. The summed E-state index contributed by atoms with van der Waals surface area (Å²) in [4.78, 5) is 44.9. The van der Waals surface area contributed by atoms with Crippen LogP contribution in [-0.2, 0) is 9.59 Å². The number of amides is 3. The van der Waals surface area contributed by atoms with Gasteiger partial charge in [-0.25, -0.2) is 0 Å². The molecule has 216 valence electrons. The van der Waals surface area contributed by atoms with Crippen molar-refractivity contribution in [1.29, 1.82) is 0 Å². The van der Waals surface area contributed by atoms with Crippen molar-refractivity contribution in [2.75, 3.05) is 33.2 Å². The number of halogens is 3. The molecule has 10 heteroatoms. The second-order valence-electron chi connectivity index (χ2n) is 11.1. The maximum atomic E-state index is 13.7. The molecule has 4 rings (SSSR count). The topological polar surface area (TPSA) is 81.2 Å². The van der Waals surface area contributed by atoms with Gasteiger partial charge in [0.1, 0.15) is 6.10 Å². The van der Waals surface area contributed by atoms with Crippen molar-refractivity contribution in [2.24, 2.45) is 11.8 Å². The number of aliphatic hydroxyl groups excluding tert-OH is 1. The van der Waals surface area contributed by atoms with Gasteiger partial charge in [-0.2, -0.15) is 0 Å². The predicted molar refractivity (Wildman–Crippen MR) is 158 cm³/mol. The lowest BCUT2D eigenvalue weighted by molar-refractivity contribution is -0.147. The van der Waals surface area contributed by atoms with Gasteiger partial charge in [0.25, 0.3) is 11.8 Å². The first-order valence-electron chi connectivity index (χ1n) is 13.7. The Bertz CT molecular complexity index is 1230. The van der Waals surface area contributed by atoms with Crippen LogP contribution in [0, 0.1) is 11.8 Å². The standard InChI is InChI=1S/C30H36Cl3N3O4/c1-18(2)27(37)30(40)35-13-10-20(11-14-35)29(39)36-15-12-26(23(17-36)21-6-9-24(32)25(33)16-21)34(3)28(38)19-4-7-22(31)8-5-19/h4-9,16,18,20,23,26-27,37H,10-15,17H2,1-3H3/t23-,26+,27?/m0/s1. The number of rotatable bonds is 6. The van der Waals surface area contributed by atoms with Gasteiger partial charge in [-0.1, -0.05) is 54.7 Å². The Hall–Kier alpha value is -2.32. The molecular weight excluding hydrogens is 573 g/mol. The number of hydrogen-bond acceptors (Lipinski definition) is 4. The molecule has 7 nitrogen and oxygen atoms in total. The van der Waals surface area contributed by atoms with Gasteiger partial charge in [-0.3, -0.25) is 14.4 Å². The number of piperidine rings is 2. The van der Waals surface area contributed by atoms with E-state index in [4.69, 9.17) is 34.8 Å². The minimum Gasteiger partial charge on any atom is -0.383 e. The van der Waals surface area contributed by atoms with E-state index in [1.807, 2.05) is 30.9 Å². The number of carbonyl (C=O) groups is 3. The first-order valence-corrected chi connectivity index (χ1v) is 14.8. The zero-order valence-electron chi connectivity index (χ0n) is 23.0. The van der Waals surface area contributed by atoms with Crippen LogP contribution in [0.15, 0.2) is 42.5 Å². The average molecular weight is 609 g/mol. The summed E-state index contributed by atoms with van der Waals surface area (Å²) in [6.45, 7) is 5.48. The largest absolute Gasteiger partial charge is 0.383 e. The number of aliphatic hydroxyl groups is 1. The Labute approximate surface area is 251 Å². The number of hydrogen-bond donors (Lipinski definition) is 1. The van der Waals surface area contributed by atoms with Crippen LogP contribution >= 0.6 is 34.8 Å². The zero-order chi connectivity index (χ0) is 29.1. The second-order valence-corrected chi connectivity index (χ2v) is 12.4. The Morgan fingerprint density at radius 2 is 1.52 bits per heavy atom. The summed E-state index contributed by atoms with van der Waals surface area (Å²) in [5.41, 5.74) is 1.46. The maximum absolute atomic E-state index is 13.7. The van der Waals surface area contributed by atoms with Crippen molar-refractivity contribution < 1.29 is 19.5 Å². The SMILES string of the molecule is CC(C)C(O)C(=O)N1CCC(C(=O)N2CC[C@@H](N(C)C(=O)c3ccc(Cl)cc3)[C@H](c3ccc(Cl)c(Cl)c3)C2)CC1. The van der Waals surface area contributed by atoms with E-state index in [2.05, 4.69) is 0 Å². The van der Waals surface area contributed by atoms with E-state index in [-0.39, 0.29) is 41.5 Å². The molecular formula is C30H36Cl3N3O4. The highest BCUT2D eigenvalue weighted by Crippen LogP contribution is 2.35. The van der Waals surface area contributed by atoms with Crippen LogP contribution in [0.3, 0.4) is 0 Å². The van der Waals surface area contributed by atoms with E-state index in [9.17, 15) is 19.5 Å². The minimum atomic E-state index is -1.02. The first-order chi connectivity index (χ1) is 19.0. The Morgan fingerprint density at radius 3 is 2.12 bits per heavy atom. The van der Waals surface area contributed by atoms with E-state index >= 15 is 0 Å². The van der Waals surface area contributed by atoms with Crippen LogP contribution in [0.5, 0.6) is 0 Å². The van der Waals surface area contributed by atoms with Gasteiger partial charge in [-0.15, -0.1) is 0 Å². The van der Waals surface area contributed by atoms with E-state index in [0.717, 1.165) is 5.56 Å². The zero-order valence-corrected chi connectivity index (χ0v) is 25.3. The van der Waals surface area contributed by atoms with Crippen molar-refractivity contribution >= 4 is 52.5 Å². The maximum Gasteiger partial charge on any atom is 0.253 e. The summed E-state index contributed by atoms with van der Waals surface area (Å²) in [6.07, 6.45) is 0.694. The van der Waals surface area contributed by atoms with Crippen molar-refractivity contribution in [2.45, 2.75) is 51.2 Å². The van der Waals surface area contributed by atoms with E-state index in [0.29, 0.717) is 66.1 Å². The summed E-state index contributed by atoms with van der Waals surface area (Å²) in [5, 5.41) is 11.6. The van der Waals surface area contributed by atoms with Crippen LogP contribution in [0.25, 0.3) is 0 Å². The molecule has 3 atom stereocenters. The van der Waals surface area contributed by atoms with E-state index in [1.165, 1.54) is 0 Å².